The molecule has 0 aliphatic heterocycles. The Balaban J connectivity index is 1.85. The van der Waals surface area contributed by atoms with Crippen LogP contribution in [0.4, 0.5) is 4.39 Å². The van der Waals surface area contributed by atoms with E-state index in [1.165, 1.54) is 6.07 Å². The summed E-state index contributed by atoms with van der Waals surface area (Å²) in [7, 11) is 0. The Bertz CT molecular complexity index is 797. The van der Waals surface area contributed by atoms with Crippen molar-refractivity contribution in [1.82, 2.24) is 15.5 Å². The highest BCUT2D eigenvalue weighted by Gasteiger charge is 2.18. The molecule has 4 nitrogen and oxygen atoms in total. The van der Waals surface area contributed by atoms with Crippen molar-refractivity contribution in [2.24, 2.45) is 0 Å². The third-order valence-corrected chi connectivity index (χ3v) is 3.40. The maximum absolute atomic E-state index is 13.7. The number of rotatable bonds is 3. The normalized spacial score (nSPS) is 12.3. The molecule has 0 saturated heterocycles. The summed E-state index contributed by atoms with van der Waals surface area (Å²) in [5.74, 6) is -0.666. The molecule has 0 bridgehead atoms. The first kappa shape index (κ1) is 13.3. The maximum Gasteiger partial charge on any atom is 0.272 e. The van der Waals surface area contributed by atoms with Gasteiger partial charge in [-0.15, -0.1) is 0 Å². The van der Waals surface area contributed by atoms with Crippen LogP contribution in [0.5, 0.6) is 0 Å². The van der Waals surface area contributed by atoms with Gasteiger partial charge in [0.2, 0.25) is 0 Å². The van der Waals surface area contributed by atoms with Crippen LogP contribution in [-0.4, -0.2) is 16.1 Å². The predicted octanol–water partition coefficient (Wildman–Crippen LogP) is 3.19. The van der Waals surface area contributed by atoms with Gasteiger partial charge >= 0.3 is 0 Å². The second kappa shape index (κ2) is 5.36. The first-order valence-corrected chi connectivity index (χ1v) is 6.65. The predicted molar refractivity (Wildman–Crippen MR) is 78.4 cm³/mol. The van der Waals surface area contributed by atoms with E-state index in [2.05, 4.69) is 15.5 Å². The van der Waals surface area contributed by atoms with Crippen molar-refractivity contribution in [1.29, 1.82) is 0 Å². The molecule has 1 atom stereocenters. The number of carbonyl (C=O) groups is 1. The minimum Gasteiger partial charge on any atom is -0.344 e. The summed E-state index contributed by atoms with van der Waals surface area (Å²) in [6, 6.07) is 13.3. The van der Waals surface area contributed by atoms with Gasteiger partial charge in [0.25, 0.3) is 5.91 Å². The Labute approximate surface area is 121 Å². The minimum atomic E-state index is -0.436. The van der Waals surface area contributed by atoms with Gasteiger partial charge in [-0.1, -0.05) is 36.4 Å². The Morgan fingerprint density at radius 1 is 1.19 bits per heavy atom. The standard InChI is InChI=1S/C16H14FN3O/c1-10(11-6-2-4-8-13(11)17)18-16(21)15-12-7-3-5-9-14(12)19-20-15/h2-10H,1H3,(H,18,21)(H,19,20). The molecular formula is C16H14FN3O. The van der Waals surface area contributed by atoms with Gasteiger partial charge in [0.05, 0.1) is 11.6 Å². The minimum absolute atomic E-state index is 0.314. The topological polar surface area (TPSA) is 57.8 Å². The fourth-order valence-electron chi connectivity index (χ4n) is 2.31. The second-order valence-corrected chi connectivity index (χ2v) is 4.83. The highest BCUT2D eigenvalue weighted by Crippen LogP contribution is 2.19. The number of nitrogens with zero attached hydrogens (tertiary/aromatic N) is 1. The van der Waals surface area contributed by atoms with Crippen molar-refractivity contribution in [2.45, 2.75) is 13.0 Å². The number of hydrogen-bond donors (Lipinski definition) is 2. The van der Waals surface area contributed by atoms with Gasteiger partial charge in [0, 0.05) is 10.9 Å². The van der Waals surface area contributed by atoms with Crippen LogP contribution in [0.3, 0.4) is 0 Å². The van der Waals surface area contributed by atoms with Crippen LogP contribution in [0, 0.1) is 5.82 Å². The second-order valence-electron chi connectivity index (χ2n) is 4.83. The van der Waals surface area contributed by atoms with Gasteiger partial charge < -0.3 is 5.32 Å². The lowest BCUT2D eigenvalue weighted by atomic mass is 10.1. The zero-order chi connectivity index (χ0) is 14.8. The number of halogens is 1. The van der Waals surface area contributed by atoms with Crippen LogP contribution < -0.4 is 5.32 Å². The smallest absolute Gasteiger partial charge is 0.272 e. The number of aromatic nitrogens is 2. The summed E-state index contributed by atoms with van der Waals surface area (Å²) < 4.78 is 13.7. The molecule has 1 aromatic heterocycles. The average molecular weight is 283 g/mol. The van der Waals surface area contributed by atoms with E-state index in [9.17, 15) is 9.18 Å². The Hall–Kier alpha value is -2.69. The lowest BCUT2D eigenvalue weighted by Crippen LogP contribution is -2.27. The summed E-state index contributed by atoms with van der Waals surface area (Å²) in [6.07, 6.45) is 0. The van der Waals surface area contributed by atoms with E-state index >= 15 is 0 Å². The zero-order valence-electron chi connectivity index (χ0n) is 11.4. The van der Waals surface area contributed by atoms with E-state index in [0.29, 0.717) is 11.3 Å². The Morgan fingerprint density at radius 2 is 1.90 bits per heavy atom. The largest absolute Gasteiger partial charge is 0.344 e. The van der Waals surface area contributed by atoms with E-state index in [1.54, 1.807) is 25.1 Å². The molecule has 21 heavy (non-hydrogen) atoms. The number of fused-ring (bicyclic) bond motifs is 1. The van der Waals surface area contributed by atoms with Gasteiger partial charge in [-0.25, -0.2) is 4.39 Å². The van der Waals surface area contributed by atoms with Crippen molar-refractivity contribution >= 4 is 16.8 Å². The first-order chi connectivity index (χ1) is 10.2. The van der Waals surface area contributed by atoms with E-state index in [0.717, 1.165) is 10.9 Å². The molecular weight excluding hydrogens is 269 g/mol. The van der Waals surface area contributed by atoms with Crippen LogP contribution >= 0.6 is 0 Å². The molecule has 1 amide bonds. The van der Waals surface area contributed by atoms with Crippen molar-refractivity contribution in [2.75, 3.05) is 0 Å². The van der Waals surface area contributed by atoms with Gasteiger partial charge in [-0.05, 0) is 19.1 Å². The summed E-state index contributed by atoms with van der Waals surface area (Å²) in [6.45, 7) is 1.74. The van der Waals surface area contributed by atoms with Crippen LogP contribution in [0.2, 0.25) is 0 Å². The highest BCUT2D eigenvalue weighted by molar-refractivity contribution is 6.04. The molecule has 106 valence electrons. The molecule has 2 aromatic carbocycles. The molecule has 0 aliphatic carbocycles. The number of nitrogens with one attached hydrogen (secondary N) is 2. The summed E-state index contributed by atoms with van der Waals surface area (Å²) >= 11 is 0. The van der Waals surface area contributed by atoms with E-state index in [4.69, 9.17) is 0 Å². The fourth-order valence-corrected chi connectivity index (χ4v) is 2.31. The van der Waals surface area contributed by atoms with Gasteiger partial charge in [0.15, 0.2) is 5.69 Å². The monoisotopic (exact) mass is 283 g/mol. The van der Waals surface area contributed by atoms with E-state index < -0.39 is 6.04 Å². The fraction of sp³-hybridized carbons (Fsp3) is 0.125. The summed E-state index contributed by atoms with van der Waals surface area (Å²) in [5.41, 5.74) is 1.56. The summed E-state index contributed by atoms with van der Waals surface area (Å²) in [5, 5.41) is 10.4. The molecule has 0 fully saturated rings. The van der Waals surface area contributed by atoms with E-state index in [-0.39, 0.29) is 11.7 Å². The van der Waals surface area contributed by atoms with Crippen molar-refractivity contribution in [3.05, 3.63) is 65.6 Å². The third-order valence-electron chi connectivity index (χ3n) is 3.40. The van der Waals surface area contributed by atoms with Crippen molar-refractivity contribution < 1.29 is 9.18 Å². The number of H-pyrrole nitrogens is 1. The van der Waals surface area contributed by atoms with Crippen LogP contribution in [0.1, 0.15) is 29.0 Å². The van der Waals surface area contributed by atoms with Gasteiger partial charge in [-0.3, -0.25) is 9.89 Å². The number of aromatic amines is 1. The molecule has 0 spiro atoms. The number of amides is 1. The molecule has 3 rings (SSSR count). The summed E-state index contributed by atoms with van der Waals surface area (Å²) in [4.78, 5) is 12.3. The van der Waals surface area contributed by atoms with Crippen LogP contribution in [0.15, 0.2) is 48.5 Å². The third kappa shape index (κ3) is 2.50. The number of hydrogen-bond acceptors (Lipinski definition) is 2. The molecule has 5 heteroatoms. The maximum atomic E-state index is 13.7. The number of para-hydroxylation sites is 1. The van der Waals surface area contributed by atoms with Gasteiger partial charge in [-0.2, -0.15) is 5.10 Å². The zero-order valence-corrected chi connectivity index (χ0v) is 11.4. The quantitative estimate of drug-likeness (QED) is 0.775. The lowest BCUT2D eigenvalue weighted by Gasteiger charge is -2.14. The molecule has 3 aromatic rings. The Kier molecular flexibility index (Phi) is 3.39. The van der Waals surface area contributed by atoms with Crippen LogP contribution in [-0.2, 0) is 0 Å². The van der Waals surface area contributed by atoms with Gasteiger partial charge in [0.1, 0.15) is 5.82 Å². The molecule has 0 aliphatic rings. The molecule has 0 saturated carbocycles. The van der Waals surface area contributed by atoms with Crippen LogP contribution in [0.25, 0.3) is 10.9 Å². The highest BCUT2D eigenvalue weighted by atomic mass is 19.1. The number of carbonyl (C=O) groups excluding carboxylic acids is 1. The lowest BCUT2D eigenvalue weighted by molar-refractivity contribution is 0.0936. The molecule has 1 unspecified atom stereocenters. The Morgan fingerprint density at radius 3 is 2.71 bits per heavy atom. The first-order valence-electron chi connectivity index (χ1n) is 6.65. The molecule has 0 radical (unpaired) electrons. The average Bonchev–Trinajstić information content (AvgIpc) is 2.91. The molecule has 2 N–H and O–H groups in total. The number of benzene rings is 2. The van der Waals surface area contributed by atoms with Crippen molar-refractivity contribution in [3.8, 4) is 0 Å². The SMILES string of the molecule is CC(NC(=O)c1n[nH]c2ccccc12)c1ccccc1F. The van der Waals surface area contributed by atoms with Crippen molar-refractivity contribution in [3.63, 3.8) is 0 Å². The van der Waals surface area contributed by atoms with E-state index in [1.807, 2.05) is 24.3 Å². The molecule has 1 heterocycles.